The Balaban J connectivity index is 1.33. The maximum atomic E-state index is 13.2. The Morgan fingerprint density at radius 3 is 2.32 bits per heavy atom. The molecular formula is C30H29F3N2O2. The summed E-state index contributed by atoms with van der Waals surface area (Å²) in [6, 6.07) is 20.9. The minimum Gasteiger partial charge on any atom is -0.493 e. The summed E-state index contributed by atoms with van der Waals surface area (Å²) in [7, 11) is 0. The summed E-state index contributed by atoms with van der Waals surface area (Å²) in [5.74, 6) is 0.903. The van der Waals surface area contributed by atoms with Crippen molar-refractivity contribution in [2.24, 2.45) is 0 Å². The number of hydrogen-bond donors (Lipinski definition) is 0. The van der Waals surface area contributed by atoms with Crippen molar-refractivity contribution in [3.05, 3.63) is 101 Å². The van der Waals surface area contributed by atoms with E-state index >= 15 is 0 Å². The van der Waals surface area contributed by atoms with Gasteiger partial charge in [0.2, 0.25) is 0 Å². The maximum absolute atomic E-state index is 13.2. The molecule has 0 spiro atoms. The van der Waals surface area contributed by atoms with E-state index in [-0.39, 0.29) is 5.91 Å². The maximum Gasteiger partial charge on any atom is 0.416 e. The number of piperidine rings is 1. The minimum atomic E-state index is -4.34. The van der Waals surface area contributed by atoms with E-state index in [0.717, 1.165) is 41.4 Å². The lowest BCUT2D eigenvalue weighted by atomic mass is 9.89. The summed E-state index contributed by atoms with van der Waals surface area (Å²) in [6.45, 7) is 4.21. The normalized spacial score (nSPS) is 14.8. The number of carbonyl (C=O) groups excluding carboxylic acids is 1. The Bertz CT molecular complexity index is 1380. The zero-order chi connectivity index (χ0) is 26.0. The second kappa shape index (κ2) is 10.3. The fraction of sp³-hybridized carbons (Fsp3) is 0.300. The van der Waals surface area contributed by atoms with Crippen molar-refractivity contribution in [1.29, 1.82) is 0 Å². The van der Waals surface area contributed by atoms with E-state index in [1.165, 1.54) is 5.56 Å². The Morgan fingerprint density at radius 2 is 1.62 bits per heavy atom. The number of hydrogen-bond acceptors (Lipinski definition) is 2. The number of amides is 1. The summed E-state index contributed by atoms with van der Waals surface area (Å²) in [4.78, 5) is 15.1. The molecule has 1 saturated heterocycles. The van der Waals surface area contributed by atoms with Crippen molar-refractivity contribution >= 4 is 16.8 Å². The van der Waals surface area contributed by atoms with Gasteiger partial charge in [-0.25, -0.2) is 0 Å². The molecule has 0 saturated carbocycles. The van der Waals surface area contributed by atoms with Crippen molar-refractivity contribution in [3.8, 4) is 5.75 Å². The first kappa shape index (κ1) is 24.9. The highest BCUT2D eigenvalue weighted by Crippen LogP contribution is 2.36. The Hall–Kier alpha value is -3.74. The summed E-state index contributed by atoms with van der Waals surface area (Å²) in [6.07, 6.45) is -0.518. The van der Waals surface area contributed by atoms with Crippen molar-refractivity contribution in [1.82, 2.24) is 9.47 Å². The van der Waals surface area contributed by atoms with Crippen molar-refractivity contribution in [3.63, 3.8) is 0 Å². The molecule has 1 aliphatic heterocycles. The number of likely N-dealkylation sites (tertiary alicyclic amines) is 1. The molecule has 192 valence electrons. The molecular weight excluding hydrogens is 477 g/mol. The summed E-state index contributed by atoms with van der Waals surface area (Å²) < 4.78 is 46.6. The molecule has 37 heavy (non-hydrogen) atoms. The van der Waals surface area contributed by atoms with Crippen LogP contribution in [-0.2, 0) is 12.7 Å². The molecule has 1 fully saturated rings. The van der Waals surface area contributed by atoms with E-state index in [2.05, 4.69) is 16.8 Å². The van der Waals surface area contributed by atoms with Crippen LogP contribution in [0.1, 0.15) is 52.7 Å². The molecule has 4 nitrogen and oxygen atoms in total. The molecule has 3 aromatic carbocycles. The van der Waals surface area contributed by atoms with E-state index in [4.69, 9.17) is 4.74 Å². The number of fused-ring (bicyclic) bond motifs is 1. The topological polar surface area (TPSA) is 34.5 Å². The molecule has 0 radical (unpaired) electrons. The van der Waals surface area contributed by atoms with Gasteiger partial charge in [-0.3, -0.25) is 4.79 Å². The SMILES string of the molecule is CCOc1ccccc1C(=O)N1CCC(c2cn(Cc3ccc(C(F)(F)F)cc3)c3ccccc23)CC1. The van der Waals surface area contributed by atoms with E-state index in [0.29, 0.717) is 43.5 Å². The molecule has 1 aromatic heterocycles. The number of para-hydroxylation sites is 2. The number of alkyl halides is 3. The molecule has 4 aromatic rings. The van der Waals surface area contributed by atoms with Gasteiger partial charge in [-0.05, 0) is 67.1 Å². The van der Waals surface area contributed by atoms with Gasteiger partial charge >= 0.3 is 6.18 Å². The molecule has 1 aliphatic rings. The number of nitrogens with zero attached hydrogens (tertiary/aromatic N) is 2. The highest BCUT2D eigenvalue weighted by Gasteiger charge is 2.30. The van der Waals surface area contributed by atoms with E-state index in [1.807, 2.05) is 54.3 Å². The van der Waals surface area contributed by atoms with Crippen LogP contribution < -0.4 is 4.74 Å². The summed E-state index contributed by atoms with van der Waals surface area (Å²) in [5, 5.41) is 1.15. The molecule has 0 bridgehead atoms. The zero-order valence-corrected chi connectivity index (χ0v) is 20.7. The van der Waals surface area contributed by atoms with Gasteiger partial charge < -0.3 is 14.2 Å². The van der Waals surface area contributed by atoms with Crippen LogP contribution in [0.4, 0.5) is 13.2 Å². The first-order valence-corrected chi connectivity index (χ1v) is 12.6. The van der Waals surface area contributed by atoms with Gasteiger partial charge in [0.15, 0.2) is 0 Å². The molecule has 2 heterocycles. The smallest absolute Gasteiger partial charge is 0.416 e. The second-order valence-corrected chi connectivity index (χ2v) is 9.42. The van der Waals surface area contributed by atoms with Gasteiger partial charge in [0, 0.05) is 36.7 Å². The minimum absolute atomic E-state index is 0.00719. The Labute approximate surface area is 214 Å². The highest BCUT2D eigenvalue weighted by molar-refractivity contribution is 5.97. The van der Waals surface area contributed by atoms with E-state index in [9.17, 15) is 18.0 Å². The zero-order valence-electron chi connectivity index (χ0n) is 20.7. The van der Waals surface area contributed by atoms with Crippen LogP contribution in [0.25, 0.3) is 10.9 Å². The standard InChI is InChI=1S/C30H29F3N2O2/c1-2-37-28-10-6-4-8-25(28)29(36)34-17-15-22(16-18-34)26-20-35(27-9-5-3-7-24(26)27)19-21-11-13-23(14-12-21)30(31,32)33/h3-14,20,22H,2,15-19H2,1H3. The van der Waals surface area contributed by atoms with E-state index in [1.54, 1.807) is 12.1 Å². The second-order valence-electron chi connectivity index (χ2n) is 9.42. The van der Waals surface area contributed by atoms with Crippen LogP contribution in [0.2, 0.25) is 0 Å². The number of benzene rings is 3. The average Bonchev–Trinajstić information content (AvgIpc) is 3.27. The number of carbonyl (C=O) groups is 1. The molecule has 0 unspecified atom stereocenters. The molecule has 0 atom stereocenters. The van der Waals surface area contributed by atoms with Gasteiger partial charge in [-0.2, -0.15) is 13.2 Å². The molecule has 0 N–H and O–H groups in total. The van der Waals surface area contributed by atoms with Crippen LogP contribution >= 0.6 is 0 Å². The predicted molar refractivity (Wildman–Crippen MR) is 138 cm³/mol. The van der Waals surface area contributed by atoms with Gasteiger partial charge in [0.1, 0.15) is 5.75 Å². The summed E-state index contributed by atoms with van der Waals surface area (Å²) in [5.41, 5.74) is 3.05. The van der Waals surface area contributed by atoms with Gasteiger partial charge in [-0.1, -0.05) is 42.5 Å². The fourth-order valence-corrected chi connectivity index (χ4v) is 5.22. The molecule has 0 aliphatic carbocycles. The summed E-state index contributed by atoms with van der Waals surface area (Å²) >= 11 is 0. The third-order valence-corrected chi connectivity index (χ3v) is 7.09. The van der Waals surface area contributed by atoms with Crippen molar-refractivity contribution in [2.45, 2.75) is 38.4 Å². The number of rotatable bonds is 6. The Morgan fingerprint density at radius 1 is 0.946 bits per heavy atom. The van der Waals surface area contributed by atoms with Gasteiger partial charge in [0.05, 0.1) is 17.7 Å². The van der Waals surface area contributed by atoms with Crippen LogP contribution in [-0.4, -0.2) is 35.1 Å². The number of ether oxygens (including phenoxy) is 1. The highest BCUT2D eigenvalue weighted by atomic mass is 19.4. The van der Waals surface area contributed by atoms with Crippen LogP contribution in [0, 0.1) is 0 Å². The Kier molecular flexibility index (Phi) is 6.96. The van der Waals surface area contributed by atoms with Crippen molar-refractivity contribution < 1.29 is 22.7 Å². The quantitative estimate of drug-likeness (QED) is 0.279. The van der Waals surface area contributed by atoms with E-state index < -0.39 is 11.7 Å². The molecule has 1 amide bonds. The third kappa shape index (κ3) is 5.22. The first-order chi connectivity index (χ1) is 17.8. The average molecular weight is 507 g/mol. The van der Waals surface area contributed by atoms with Crippen LogP contribution in [0.5, 0.6) is 5.75 Å². The molecule has 5 rings (SSSR count). The van der Waals surface area contributed by atoms with Crippen LogP contribution in [0.3, 0.4) is 0 Å². The lowest BCUT2D eigenvalue weighted by molar-refractivity contribution is -0.137. The van der Waals surface area contributed by atoms with Gasteiger partial charge in [0.25, 0.3) is 5.91 Å². The molecule has 7 heteroatoms. The third-order valence-electron chi connectivity index (χ3n) is 7.09. The van der Waals surface area contributed by atoms with Crippen molar-refractivity contribution in [2.75, 3.05) is 19.7 Å². The number of aromatic nitrogens is 1. The fourth-order valence-electron chi connectivity index (χ4n) is 5.22. The monoisotopic (exact) mass is 506 g/mol. The number of halogens is 3. The lowest BCUT2D eigenvalue weighted by Crippen LogP contribution is -2.38. The lowest BCUT2D eigenvalue weighted by Gasteiger charge is -2.32. The van der Waals surface area contributed by atoms with Gasteiger partial charge in [-0.15, -0.1) is 0 Å². The predicted octanol–water partition coefficient (Wildman–Crippen LogP) is 7.13. The first-order valence-electron chi connectivity index (χ1n) is 12.6. The largest absolute Gasteiger partial charge is 0.493 e. The van der Waals surface area contributed by atoms with Crippen LogP contribution in [0.15, 0.2) is 79.0 Å².